The SMILES string of the molecule is Nc1cc(C(F)F)c(F)nc1C=O. The zero-order valence-corrected chi connectivity index (χ0v) is 6.30. The number of hydrogen-bond donors (Lipinski definition) is 1. The fraction of sp³-hybridized carbons (Fsp3) is 0.143. The molecule has 0 aliphatic rings. The van der Waals surface area contributed by atoms with Gasteiger partial charge < -0.3 is 5.73 Å². The van der Waals surface area contributed by atoms with Crippen molar-refractivity contribution < 1.29 is 18.0 Å². The minimum atomic E-state index is -2.99. The summed E-state index contributed by atoms with van der Waals surface area (Å²) in [5, 5.41) is 0. The van der Waals surface area contributed by atoms with Crippen LogP contribution in [0.15, 0.2) is 6.07 Å². The maximum absolute atomic E-state index is 12.7. The molecule has 6 heteroatoms. The van der Waals surface area contributed by atoms with Crippen molar-refractivity contribution in [3.8, 4) is 0 Å². The molecule has 0 radical (unpaired) electrons. The molecule has 0 spiro atoms. The van der Waals surface area contributed by atoms with E-state index in [0.717, 1.165) is 0 Å². The topological polar surface area (TPSA) is 56.0 Å². The Kier molecular flexibility index (Phi) is 2.50. The third-order valence-corrected chi connectivity index (χ3v) is 1.41. The Balaban J connectivity index is 3.28. The maximum Gasteiger partial charge on any atom is 0.268 e. The van der Waals surface area contributed by atoms with Gasteiger partial charge >= 0.3 is 0 Å². The summed E-state index contributed by atoms with van der Waals surface area (Å²) in [4.78, 5) is 13.1. The van der Waals surface area contributed by atoms with E-state index in [9.17, 15) is 18.0 Å². The van der Waals surface area contributed by atoms with Gasteiger partial charge in [0, 0.05) is 0 Å². The summed E-state index contributed by atoms with van der Waals surface area (Å²) in [6, 6.07) is 0.705. The first-order valence-electron chi connectivity index (χ1n) is 3.25. The number of pyridine rings is 1. The lowest BCUT2D eigenvalue weighted by Gasteiger charge is -2.03. The molecule has 1 rings (SSSR count). The second-order valence-electron chi connectivity index (χ2n) is 2.26. The lowest BCUT2D eigenvalue weighted by atomic mass is 10.2. The molecule has 0 bridgehead atoms. The Morgan fingerprint density at radius 1 is 1.54 bits per heavy atom. The van der Waals surface area contributed by atoms with Crippen molar-refractivity contribution in [2.75, 3.05) is 5.73 Å². The average Bonchev–Trinajstić information content (AvgIpc) is 2.07. The highest BCUT2D eigenvalue weighted by atomic mass is 19.3. The van der Waals surface area contributed by atoms with E-state index in [4.69, 9.17) is 5.73 Å². The molecule has 0 amide bonds. The Hall–Kier alpha value is -1.59. The van der Waals surface area contributed by atoms with Crippen LogP contribution in [0.1, 0.15) is 22.5 Å². The van der Waals surface area contributed by atoms with Gasteiger partial charge in [-0.3, -0.25) is 4.79 Å². The highest BCUT2D eigenvalue weighted by Crippen LogP contribution is 2.23. The number of nitrogens with two attached hydrogens (primary N) is 1. The highest BCUT2D eigenvalue weighted by molar-refractivity contribution is 5.80. The fourth-order valence-electron chi connectivity index (χ4n) is 0.783. The zero-order chi connectivity index (χ0) is 10.0. The molecule has 0 saturated carbocycles. The van der Waals surface area contributed by atoms with E-state index in [1.54, 1.807) is 0 Å². The van der Waals surface area contributed by atoms with Crippen LogP contribution in [0.3, 0.4) is 0 Å². The molecule has 0 saturated heterocycles. The van der Waals surface area contributed by atoms with Gasteiger partial charge in [0.1, 0.15) is 5.69 Å². The minimum absolute atomic E-state index is 0.202. The second-order valence-corrected chi connectivity index (χ2v) is 2.26. The molecule has 0 unspecified atom stereocenters. The second kappa shape index (κ2) is 3.42. The van der Waals surface area contributed by atoms with Gasteiger partial charge in [0.25, 0.3) is 6.43 Å². The van der Waals surface area contributed by atoms with Gasteiger partial charge in [0.2, 0.25) is 5.95 Å². The first-order valence-corrected chi connectivity index (χ1v) is 3.25. The van der Waals surface area contributed by atoms with Gasteiger partial charge in [-0.25, -0.2) is 13.8 Å². The Morgan fingerprint density at radius 3 is 2.62 bits per heavy atom. The summed E-state index contributed by atoms with van der Waals surface area (Å²) in [5.74, 6) is -1.37. The Labute approximate surface area is 71.4 Å². The van der Waals surface area contributed by atoms with Crippen molar-refractivity contribution in [1.82, 2.24) is 4.98 Å². The molecular formula is C7H5F3N2O. The first-order chi connectivity index (χ1) is 6.06. The number of alkyl halides is 2. The van der Waals surface area contributed by atoms with E-state index in [0.29, 0.717) is 6.07 Å². The molecule has 0 aliphatic carbocycles. The van der Waals surface area contributed by atoms with Crippen molar-refractivity contribution in [3.63, 3.8) is 0 Å². The quantitative estimate of drug-likeness (QED) is 0.568. The van der Waals surface area contributed by atoms with E-state index >= 15 is 0 Å². The number of aromatic nitrogens is 1. The predicted octanol–water partition coefficient (Wildman–Crippen LogP) is 1.55. The number of carbonyl (C=O) groups is 1. The van der Waals surface area contributed by atoms with Gasteiger partial charge in [-0.2, -0.15) is 4.39 Å². The molecule has 0 aromatic carbocycles. The fourth-order valence-corrected chi connectivity index (χ4v) is 0.783. The molecule has 1 aromatic rings. The largest absolute Gasteiger partial charge is 0.397 e. The Bertz CT molecular complexity index is 341. The van der Waals surface area contributed by atoms with Crippen molar-refractivity contribution in [3.05, 3.63) is 23.3 Å². The number of hydrogen-bond acceptors (Lipinski definition) is 3. The molecule has 0 atom stereocenters. The van der Waals surface area contributed by atoms with Gasteiger partial charge in [-0.05, 0) is 6.07 Å². The van der Waals surface area contributed by atoms with E-state index in [1.165, 1.54) is 0 Å². The molecule has 13 heavy (non-hydrogen) atoms. The van der Waals surface area contributed by atoms with Crippen LogP contribution in [0.25, 0.3) is 0 Å². The number of nitrogens with zero attached hydrogens (tertiary/aromatic N) is 1. The summed E-state index contributed by atoms with van der Waals surface area (Å²) < 4.78 is 36.7. The lowest BCUT2D eigenvalue weighted by molar-refractivity contribution is 0.111. The van der Waals surface area contributed by atoms with Crippen LogP contribution in [0.4, 0.5) is 18.9 Å². The summed E-state index contributed by atoms with van der Waals surface area (Å²) in [6.07, 6.45) is -2.79. The van der Waals surface area contributed by atoms with Crippen LogP contribution in [-0.2, 0) is 0 Å². The number of rotatable bonds is 2. The van der Waals surface area contributed by atoms with Gasteiger partial charge in [0.05, 0.1) is 11.3 Å². The third kappa shape index (κ3) is 1.77. The van der Waals surface area contributed by atoms with Gasteiger partial charge in [-0.15, -0.1) is 0 Å². The monoisotopic (exact) mass is 190 g/mol. The van der Waals surface area contributed by atoms with Crippen molar-refractivity contribution >= 4 is 12.0 Å². The number of anilines is 1. The van der Waals surface area contributed by atoms with Crippen LogP contribution in [0, 0.1) is 5.95 Å². The first kappa shape index (κ1) is 9.50. The number of nitrogen functional groups attached to an aromatic ring is 1. The van der Waals surface area contributed by atoms with Crippen molar-refractivity contribution in [2.45, 2.75) is 6.43 Å². The van der Waals surface area contributed by atoms with Crippen LogP contribution in [0.5, 0.6) is 0 Å². The van der Waals surface area contributed by atoms with Gasteiger partial charge in [0.15, 0.2) is 6.29 Å². The van der Waals surface area contributed by atoms with E-state index in [1.807, 2.05) is 0 Å². The molecule has 1 heterocycles. The van der Waals surface area contributed by atoms with Crippen molar-refractivity contribution in [2.24, 2.45) is 0 Å². The van der Waals surface area contributed by atoms with Crippen LogP contribution in [0.2, 0.25) is 0 Å². The number of carbonyl (C=O) groups excluding carboxylic acids is 1. The van der Waals surface area contributed by atoms with E-state index in [-0.39, 0.29) is 17.7 Å². The minimum Gasteiger partial charge on any atom is -0.397 e. The summed E-state index contributed by atoms with van der Waals surface area (Å²) >= 11 is 0. The molecular weight excluding hydrogens is 185 g/mol. The average molecular weight is 190 g/mol. The third-order valence-electron chi connectivity index (χ3n) is 1.41. The molecule has 0 fully saturated rings. The van der Waals surface area contributed by atoms with E-state index < -0.39 is 17.9 Å². The maximum atomic E-state index is 12.7. The molecule has 2 N–H and O–H groups in total. The molecule has 0 aliphatic heterocycles. The number of aldehydes is 1. The van der Waals surface area contributed by atoms with Crippen LogP contribution >= 0.6 is 0 Å². The van der Waals surface area contributed by atoms with Crippen LogP contribution < -0.4 is 5.73 Å². The van der Waals surface area contributed by atoms with E-state index in [2.05, 4.69) is 4.98 Å². The zero-order valence-electron chi connectivity index (χ0n) is 6.30. The summed E-state index contributed by atoms with van der Waals surface area (Å²) in [5.41, 5.74) is 3.61. The summed E-state index contributed by atoms with van der Waals surface area (Å²) in [6.45, 7) is 0. The van der Waals surface area contributed by atoms with Gasteiger partial charge in [-0.1, -0.05) is 0 Å². The standard InChI is InChI=1S/C7H5F3N2O/c8-6(9)3-1-4(11)5(2-13)12-7(3)10/h1-2,6H,11H2. The summed E-state index contributed by atoms with van der Waals surface area (Å²) in [7, 11) is 0. The normalized spacial score (nSPS) is 10.5. The molecule has 70 valence electrons. The molecule has 1 aromatic heterocycles. The Morgan fingerprint density at radius 2 is 2.15 bits per heavy atom. The van der Waals surface area contributed by atoms with Crippen LogP contribution in [-0.4, -0.2) is 11.3 Å². The highest BCUT2D eigenvalue weighted by Gasteiger charge is 2.16. The smallest absolute Gasteiger partial charge is 0.268 e. The lowest BCUT2D eigenvalue weighted by Crippen LogP contribution is -2.03. The molecule has 3 nitrogen and oxygen atoms in total. The number of halogens is 3. The predicted molar refractivity (Wildman–Crippen MR) is 39.0 cm³/mol. The van der Waals surface area contributed by atoms with Crippen molar-refractivity contribution in [1.29, 1.82) is 0 Å².